The standard InChI is InChI=1S/C14H15/c1-14(2,3)13-9-8-11-6-4-5-7-12(11)10-13/h4-8,10H,1-3H3. The van der Waals surface area contributed by atoms with Crippen molar-refractivity contribution in [1.82, 2.24) is 0 Å². The molecule has 1 radical (unpaired) electrons. The van der Waals surface area contributed by atoms with Crippen LogP contribution in [0.5, 0.6) is 0 Å². The highest BCUT2D eigenvalue weighted by Crippen LogP contribution is 2.25. The van der Waals surface area contributed by atoms with E-state index in [1.165, 1.54) is 16.3 Å². The molecular weight excluding hydrogens is 168 g/mol. The summed E-state index contributed by atoms with van der Waals surface area (Å²) in [7, 11) is 0. The van der Waals surface area contributed by atoms with Gasteiger partial charge in [-0.2, -0.15) is 0 Å². The molecule has 2 aromatic carbocycles. The third-order valence-corrected chi connectivity index (χ3v) is 2.49. The van der Waals surface area contributed by atoms with Gasteiger partial charge in [0.05, 0.1) is 0 Å². The Morgan fingerprint density at radius 1 is 1.00 bits per heavy atom. The first-order valence-electron chi connectivity index (χ1n) is 4.98. The highest BCUT2D eigenvalue weighted by atomic mass is 14.2. The second kappa shape index (κ2) is 3.13. The maximum absolute atomic E-state index is 3.35. The first-order valence-corrected chi connectivity index (χ1v) is 4.98. The van der Waals surface area contributed by atoms with Gasteiger partial charge in [0.2, 0.25) is 0 Å². The molecule has 0 aliphatic carbocycles. The monoisotopic (exact) mass is 183 g/mol. The summed E-state index contributed by atoms with van der Waals surface area (Å²) in [5.41, 5.74) is 1.46. The Labute approximate surface area is 85.6 Å². The number of rotatable bonds is 0. The van der Waals surface area contributed by atoms with Gasteiger partial charge >= 0.3 is 0 Å². The predicted octanol–water partition coefficient (Wildman–Crippen LogP) is 3.94. The van der Waals surface area contributed by atoms with Gasteiger partial charge in [-0.3, -0.25) is 0 Å². The van der Waals surface area contributed by atoms with E-state index in [4.69, 9.17) is 0 Å². The Hall–Kier alpha value is -1.30. The molecule has 0 heteroatoms. The summed E-state index contributed by atoms with van der Waals surface area (Å²) >= 11 is 0. The summed E-state index contributed by atoms with van der Waals surface area (Å²) in [4.78, 5) is 0. The second-order valence-electron chi connectivity index (χ2n) is 4.73. The van der Waals surface area contributed by atoms with Crippen molar-refractivity contribution >= 4 is 10.8 Å². The molecule has 0 heterocycles. The van der Waals surface area contributed by atoms with Gasteiger partial charge in [-0.15, -0.1) is 0 Å². The van der Waals surface area contributed by atoms with Crippen LogP contribution in [0.25, 0.3) is 10.8 Å². The van der Waals surface area contributed by atoms with Crippen LogP contribution in [0, 0.1) is 6.07 Å². The highest BCUT2D eigenvalue weighted by molar-refractivity contribution is 5.83. The Balaban J connectivity index is 2.63. The van der Waals surface area contributed by atoms with Crippen LogP contribution in [0.1, 0.15) is 26.3 Å². The minimum Gasteiger partial charge on any atom is -0.0616 e. The Kier molecular flexibility index (Phi) is 2.07. The molecule has 0 fully saturated rings. The third-order valence-electron chi connectivity index (χ3n) is 2.49. The number of fused-ring (bicyclic) bond motifs is 1. The fraction of sp³-hybridized carbons (Fsp3) is 0.286. The fourth-order valence-electron chi connectivity index (χ4n) is 1.56. The Bertz CT molecular complexity index is 447. The van der Waals surface area contributed by atoms with Crippen molar-refractivity contribution in [3.63, 3.8) is 0 Å². The molecular formula is C14H15. The lowest BCUT2D eigenvalue weighted by atomic mass is 9.86. The highest BCUT2D eigenvalue weighted by Gasteiger charge is 2.13. The third kappa shape index (κ3) is 1.65. The zero-order valence-electron chi connectivity index (χ0n) is 8.96. The van der Waals surface area contributed by atoms with Crippen molar-refractivity contribution in [1.29, 1.82) is 0 Å². The van der Waals surface area contributed by atoms with E-state index in [0.29, 0.717) is 0 Å². The molecule has 0 spiro atoms. The van der Waals surface area contributed by atoms with Crippen molar-refractivity contribution in [2.45, 2.75) is 26.2 Å². The van der Waals surface area contributed by atoms with Crippen LogP contribution >= 0.6 is 0 Å². The van der Waals surface area contributed by atoms with Gasteiger partial charge in [0.25, 0.3) is 0 Å². The van der Waals surface area contributed by atoms with Crippen LogP contribution in [0.2, 0.25) is 0 Å². The van der Waals surface area contributed by atoms with E-state index < -0.39 is 0 Å². The molecule has 0 nitrogen and oxygen atoms in total. The lowest BCUT2D eigenvalue weighted by Gasteiger charge is -2.18. The quantitative estimate of drug-likeness (QED) is 0.580. The van der Waals surface area contributed by atoms with Gasteiger partial charge in [0, 0.05) is 0 Å². The Morgan fingerprint density at radius 3 is 2.29 bits per heavy atom. The first-order chi connectivity index (χ1) is 6.57. The molecule has 71 valence electrons. The molecule has 0 saturated heterocycles. The molecule has 0 atom stereocenters. The van der Waals surface area contributed by atoms with E-state index in [1.807, 2.05) is 0 Å². The predicted molar refractivity (Wildman–Crippen MR) is 61.5 cm³/mol. The van der Waals surface area contributed by atoms with Crippen molar-refractivity contribution < 1.29 is 0 Å². The van der Waals surface area contributed by atoms with E-state index in [9.17, 15) is 0 Å². The molecule has 0 aliphatic rings. The summed E-state index contributed by atoms with van der Waals surface area (Å²) in [5.74, 6) is 0. The summed E-state index contributed by atoms with van der Waals surface area (Å²) in [6.45, 7) is 6.65. The molecule has 0 aromatic heterocycles. The van der Waals surface area contributed by atoms with E-state index in [2.05, 4.69) is 63.2 Å². The van der Waals surface area contributed by atoms with Crippen LogP contribution in [0.4, 0.5) is 0 Å². The molecule has 0 unspecified atom stereocenters. The van der Waals surface area contributed by atoms with Crippen LogP contribution in [0.15, 0.2) is 36.4 Å². The van der Waals surface area contributed by atoms with Gasteiger partial charge in [0.1, 0.15) is 0 Å². The average molecular weight is 183 g/mol. The molecule has 0 N–H and O–H groups in total. The van der Waals surface area contributed by atoms with Gasteiger partial charge in [-0.05, 0) is 33.9 Å². The van der Waals surface area contributed by atoms with Crippen molar-refractivity contribution in [3.8, 4) is 0 Å². The lowest BCUT2D eigenvalue weighted by Crippen LogP contribution is -2.10. The summed E-state index contributed by atoms with van der Waals surface area (Å²) in [6, 6.07) is 16.1. The van der Waals surface area contributed by atoms with Crippen molar-refractivity contribution in [3.05, 3.63) is 48.0 Å². The van der Waals surface area contributed by atoms with Crippen molar-refractivity contribution in [2.75, 3.05) is 0 Å². The zero-order chi connectivity index (χ0) is 10.2. The number of hydrogen-bond acceptors (Lipinski definition) is 0. The Morgan fingerprint density at radius 2 is 1.64 bits per heavy atom. The maximum atomic E-state index is 3.35. The number of benzene rings is 2. The largest absolute Gasteiger partial charge is 0.0616 e. The first kappa shape index (κ1) is 9.26. The molecule has 0 saturated carbocycles. The zero-order valence-corrected chi connectivity index (χ0v) is 8.96. The van der Waals surface area contributed by atoms with Gasteiger partial charge in [-0.25, -0.2) is 0 Å². The van der Waals surface area contributed by atoms with Crippen LogP contribution in [0.3, 0.4) is 0 Å². The molecule has 0 bridgehead atoms. The second-order valence-corrected chi connectivity index (χ2v) is 4.73. The van der Waals surface area contributed by atoms with Crippen LogP contribution in [-0.2, 0) is 5.41 Å². The molecule has 0 amide bonds. The van der Waals surface area contributed by atoms with E-state index in [-0.39, 0.29) is 5.41 Å². The summed E-state index contributed by atoms with van der Waals surface area (Å²) in [6.07, 6.45) is 0. The summed E-state index contributed by atoms with van der Waals surface area (Å²) in [5, 5.41) is 2.57. The fourth-order valence-corrected chi connectivity index (χ4v) is 1.56. The average Bonchev–Trinajstić information content (AvgIpc) is 2.16. The SMILES string of the molecule is CC(C)(C)c1[c]cc2ccccc2c1. The smallest absolute Gasteiger partial charge is 0.0125 e. The summed E-state index contributed by atoms with van der Waals surface area (Å²) < 4.78 is 0. The van der Waals surface area contributed by atoms with E-state index >= 15 is 0 Å². The van der Waals surface area contributed by atoms with Crippen LogP contribution < -0.4 is 0 Å². The van der Waals surface area contributed by atoms with Gasteiger partial charge in [0.15, 0.2) is 0 Å². The minimum atomic E-state index is 0.185. The normalized spacial score (nSPS) is 11.9. The molecule has 0 aliphatic heterocycles. The van der Waals surface area contributed by atoms with E-state index in [0.717, 1.165) is 0 Å². The lowest BCUT2D eigenvalue weighted by molar-refractivity contribution is 0.590. The molecule has 2 rings (SSSR count). The van der Waals surface area contributed by atoms with E-state index in [1.54, 1.807) is 0 Å². The van der Waals surface area contributed by atoms with Crippen molar-refractivity contribution in [2.24, 2.45) is 0 Å². The minimum absolute atomic E-state index is 0.185. The maximum Gasteiger partial charge on any atom is -0.0125 e. The van der Waals surface area contributed by atoms with Crippen LogP contribution in [-0.4, -0.2) is 0 Å². The van der Waals surface area contributed by atoms with Gasteiger partial charge in [-0.1, -0.05) is 51.1 Å². The molecule has 14 heavy (non-hydrogen) atoms. The van der Waals surface area contributed by atoms with Gasteiger partial charge < -0.3 is 0 Å². The molecule has 2 aromatic rings. The topological polar surface area (TPSA) is 0 Å². The number of hydrogen-bond donors (Lipinski definition) is 0.